The van der Waals surface area contributed by atoms with Gasteiger partial charge in [0.05, 0.1) is 19.1 Å². The van der Waals surface area contributed by atoms with Crippen LogP contribution in [0.4, 0.5) is 4.39 Å². The topological polar surface area (TPSA) is 62.7 Å². The van der Waals surface area contributed by atoms with Crippen LogP contribution < -0.4 is 4.74 Å². The minimum Gasteiger partial charge on any atom is -0.496 e. The number of para-hydroxylation sites is 1. The van der Waals surface area contributed by atoms with Crippen molar-refractivity contribution < 1.29 is 19.0 Å². The minimum absolute atomic E-state index is 0.0284. The normalized spacial score (nSPS) is 26.9. The lowest BCUT2D eigenvalue weighted by molar-refractivity contribution is -0.141. The molecule has 27 heavy (non-hydrogen) atoms. The number of methoxy groups -OCH3 is 1. The summed E-state index contributed by atoms with van der Waals surface area (Å²) in [6.07, 6.45) is 3.96. The van der Waals surface area contributed by atoms with Gasteiger partial charge in [-0.2, -0.15) is 4.39 Å². The predicted molar refractivity (Wildman–Crippen MR) is 97.7 cm³/mol. The monoisotopic (exact) mass is 370 g/mol. The Labute approximate surface area is 157 Å². The number of nitrogens with zero attached hydrogens (tertiary/aromatic N) is 2. The smallest absolute Gasteiger partial charge is 0.227 e. The molecule has 6 heteroatoms. The van der Waals surface area contributed by atoms with Gasteiger partial charge < -0.3 is 14.7 Å². The number of halogens is 1. The van der Waals surface area contributed by atoms with Crippen LogP contribution in [-0.2, 0) is 16.8 Å². The van der Waals surface area contributed by atoms with E-state index >= 15 is 0 Å². The van der Waals surface area contributed by atoms with Crippen LogP contribution in [0.15, 0.2) is 42.6 Å². The van der Waals surface area contributed by atoms with Crippen molar-refractivity contribution in [2.45, 2.75) is 49.8 Å². The molecule has 2 fully saturated rings. The molecule has 1 N–H and O–H groups in total. The summed E-state index contributed by atoms with van der Waals surface area (Å²) in [6, 6.07) is 10.6. The Kier molecular flexibility index (Phi) is 4.60. The molecule has 1 unspecified atom stereocenters. The van der Waals surface area contributed by atoms with Crippen LogP contribution in [-0.4, -0.2) is 40.1 Å². The molecule has 2 aromatic rings. The first kappa shape index (κ1) is 17.9. The molecule has 2 aliphatic heterocycles. The maximum Gasteiger partial charge on any atom is 0.227 e. The predicted octanol–water partition coefficient (Wildman–Crippen LogP) is 2.81. The summed E-state index contributed by atoms with van der Waals surface area (Å²) in [5.41, 5.74) is -0.187. The number of carbonyl (C=O) groups excluding carboxylic acids is 1. The molecule has 2 bridgehead atoms. The molecule has 5 nitrogen and oxygen atoms in total. The van der Waals surface area contributed by atoms with Crippen molar-refractivity contribution in [1.82, 2.24) is 9.88 Å². The standard InChI is InChI=1S/C21H23FN2O3/c1-27-18-7-3-2-5-14(18)11-19(25)24-15-8-9-16(24)13-21(26,12-15)17-6-4-10-23-20(17)22/h2-7,10,15-16,26H,8-9,11-13H2,1H3/t15-,16+,21?. The molecule has 1 aromatic heterocycles. The van der Waals surface area contributed by atoms with Gasteiger partial charge in [-0.1, -0.05) is 24.3 Å². The van der Waals surface area contributed by atoms with Crippen LogP contribution in [0.3, 0.4) is 0 Å². The van der Waals surface area contributed by atoms with E-state index in [1.807, 2.05) is 29.2 Å². The van der Waals surface area contributed by atoms with Crippen LogP contribution in [0.25, 0.3) is 0 Å². The number of fused-ring (bicyclic) bond motifs is 2. The summed E-state index contributed by atoms with van der Waals surface area (Å²) in [4.78, 5) is 18.6. The summed E-state index contributed by atoms with van der Waals surface area (Å²) >= 11 is 0. The maximum absolute atomic E-state index is 14.2. The summed E-state index contributed by atoms with van der Waals surface area (Å²) in [5, 5.41) is 11.1. The Hall–Kier alpha value is -2.47. The molecule has 3 atom stereocenters. The number of aliphatic hydroxyl groups is 1. The van der Waals surface area contributed by atoms with E-state index in [9.17, 15) is 14.3 Å². The van der Waals surface area contributed by atoms with Gasteiger partial charge in [-0.15, -0.1) is 0 Å². The van der Waals surface area contributed by atoms with Gasteiger partial charge in [0.1, 0.15) is 5.75 Å². The largest absolute Gasteiger partial charge is 0.496 e. The SMILES string of the molecule is COc1ccccc1CC(=O)N1[C@@H]2CC[C@H]1CC(O)(c1cccnc1F)C2. The fourth-order valence-electron chi connectivity index (χ4n) is 4.69. The van der Waals surface area contributed by atoms with Crippen LogP contribution in [0.1, 0.15) is 36.8 Å². The van der Waals surface area contributed by atoms with Crippen LogP contribution in [0, 0.1) is 5.95 Å². The van der Waals surface area contributed by atoms with E-state index in [0.717, 1.165) is 18.4 Å². The second kappa shape index (κ2) is 6.93. The summed E-state index contributed by atoms with van der Waals surface area (Å²) in [5.74, 6) is 0.0954. The molecule has 4 rings (SSSR count). The second-order valence-corrected chi connectivity index (χ2v) is 7.46. The Morgan fingerprint density at radius 3 is 2.63 bits per heavy atom. The lowest BCUT2D eigenvalue weighted by atomic mass is 9.80. The minimum atomic E-state index is -1.27. The van der Waals surface area contributed by atoms with Crippen LogP contribution >= 0.6 is 0 Å². The first-order valence-corrected chi connectivity index (χ1v) is 9.28. The number of amides is 1. The zero-order chi connectivity index (χ0) is 19.0. The number of hydrogen-bond donors (Lipinski definition) is 1. The number of hydrogen-bond acceptors (Lipinski definition) is 4. The van der Waals surface area contributed by atoms with Gasteiger partial charge >= 0.3 is 0 Å². The Morgan fingerprint density at radius 2 is 1.96 bits per heavy atom. The van der Waals surface area contributed by atoms with Gasteiger partial charge in [-0.25, -0.2) is 4.98 Å². The molecule has 1 amide bonds. The lowest BCUT2D eigenvalue weighted by Gasteiger charge is -2.44. The third kappa shape index (κ3) is 3.18. The molecule has 1 aromatic carbocycles. The average molecular weight is 370 g/mol. The van der Waals surface area contributed by atoms with Crippen molar-refractivity contribution in [3.8, 4) is 5.75 Å². The van der Waals surface area contributed by atoms with E-state index in [0.29, 0.717) is 18.6 Å². The van der Waals surface area contributed by atoms with Crippen molar-refractivity contribution in [3.05, 3.63) is 59.7 Å². The van der Waals surface area contributed by atoms with Crippen molar-refractivity contribution in [2.24, 2.45) is 0 Å². The number of pyridine rings is 1. The molecule has 142 valence electrons. The molecule has 0 saturated carbocycles. The van der Waals surface area contributed by atoms with E-state index in [4.69, 9.17) is 4.74 Å². The van der Waals surface area contributed by atoms with Crippen molar-refractivity contribution in [2.75, 3.05) is 7.11 Å². The van der Waals surface area contributed by atoms with Crippen molar-refractivity contribution in [3.63, 3.8) is 0 Å². The summed E-state index contributed by atoms with van der Waals surface area (Å²) < 4.78 is 19.5. The molecule has 0 spiro atoms. The molecule has 3 heterocycles. The molecular weight excluding hydrogens is 347 g/mol. The molecular formula is C21H23FN2O3. The Bertz CT molecular complexity index is 843. The number of piperidine rings is 1. The molecule has 0 aliphatic carbocycles. The summed E-state index contributed by atoms with van der Waals surface area (Å²) in [7, 11) is 1.59. The van der Waals surface area contributed by atoms with Gasteiger partial charge in [-0.3, -0.25) is 4.79 Å². The Balaban J connectivity index is 1.54. The highest BCUT2D eigenvalue weighted by Gasteiger charge is 2.50. The van der Waals surface area contributed by atoms with Gasteiger partial charge in [0.15, 0.2) is 0 Å². The number of aromatic nitrogens is 1. The molecule has 2 aliphatic rings. The molecule has 0 radical (unpaired) electrons. The first-order chi connectivity index (χ1) is 13.0. The quantitative estimate of drug-likeness (QED) is 0.841. The third-order valence-electron chi connectivity index (χ3n) is 5.85. The number of rotatable bonds is 4. The average Bonchev–Trinajstić information content (AvgIpc) is 2.95. The third-order valence-corrected chi connectivity index (χ3v) is 5.85. The van der Waals surface area contributed by atoms with E-state index in [1.54, 1.807) is 19.2 Å². The molecule has 2 saturated heterocycles. The second-order valence-electron chi connectivity index (χ2n) is 7.46. The zero-order valence-corrected chi connectivity index (χ0v) is 15.3. The lowest BCUT2D eigenvalue weighted by Crippen LogP contribution is -2.52. The summed E-state index contributed by atoms with van der Waals surface area (Å²) in [6.45, 7) is 0. The van der Waals surface area contributed by atoms with E-state index in [-0.39, 0.29) is 30.0 Å². The maximum atomic E-state index is 14.2. The van der Waals surface area contributed by atoms with E-state index in [1.165, 1.54) is 6.20 Å². The van der Waals surface area contributed by atoms with Crippen LogP contribution in [0.2, 0.25) is 0 Å². The van der Waals surface area contributed by atoms with E-state index in [2.05, 4.69) is 4.98 Å². The first-order valence-electron chi connectivity index (χ1n) is 9.28. The number of carbonyl (C=O) groups is 1. The van der Waals surface area contributed by atoms with Gasteiger partial charge in [0.2, 0.25) is 11.9 Å². The van der Waals surface area contributed by atoms with Gasteiger partial charge in [-0.05, 0) is 25.0 Å². The fraction of sp³-hybridized carbons (Fsp3) is 0.429. The number of ether oxygens (including phenoxy) is 1. The van der Waals surface area contributed by atoms with Gasteiger partial charge in [0, 0.05) is 42.2 Å². The Morgan fingerprint density at radius 1 is 1.26 bits per heavy atom. The number of benzene rings is 1. The van der Waals surface area contributed by atoms with Crippen molar-refractivity contribution in [1.29, 1.82) is 0 Å². The van der Waals surface area contributed by atoms with Crippen molar-refractivity contribution >= 4 is 5.91 Å². The fourth-order valence-corrected chi connectivity index (χ4v) is 4.69. The zero-order valence-electron chi connectivity index (χ0n) is 15.3. The highest BCUT2D eigenvalue weighted by Crippen LogP contribution is 2.46. The highest BCUT2D eigenvalue weighted by atomic mass is 19.1. The highest BCUT2D eigenvalue weighted by molar-refractivity contribution is 5.80. The van der Waals surface area contributed by atoms with Crippen LogP contribution in [0.5, 0.6) is 5.75 Å². The van der Waals surface area contributed by atoms with Gasteiger partial charge in [0.25, 0.3) is 0 Å². The van der Waals surface area contributed by atoms with E-state index < -0.39 is 11.5 Å².